The number of hydrogen-bond acceptors (Lipinski definition) is 4. The van der Waals surface area contributed by atoms with Gasteiger partial charge in [0.2, 0.25) is 0 Å². The number of nitrogens with zero attached hydrogens (tertiary/aromatic N) is 1. The Morgan fingerprint density at radius 3 is 2.60 bits per heavy atom. The molecule has 0 amide bonds. The van der Waals surface area contributed by atoms with Crippen LogP contribution in [-0.2, 0) is 15.6 Å². The SMILES string of the molecule is CCCCCCC(C(=O)O)S(=O)c1ccc(OC2CCN(C)C2)cc1. The van der Waals surface area contributed by atoms with E-state index in [1.165, 1.54) is 0 Å². The molecule has 3 atom stereocenters. The van der Waals surface area contributed by atoms with Crippen molar-refractivity contribution in [2.75, 3.05) is 20.1 Å². The van der Waals surface area contributed by atoms with E-state index in [-0.39, 0.29) is 6.10 Å². The summed E-state index contributed by atoms with van der Waals surface area (Å²) in [6, 6.07) is 7.04. The molecule has 2 rings (SSSR count). The lowest BCUT2D eigenvalue weighted by atomic mass is 10.1. The molecule has 25 heavy (non-hydrogen) atoms. The van der Waals surface area contributed by atoms with Crippen LogP contribution >= 0.6 is 0 Å². The lowest BCUT2D eigenvalue weighted by molar-refractivity contribution is -0.136. The van der Waals surface area contributed by atoms with Gasteiger partial charge in [-0.1, -0.05) is 32.6 Å². The second-order valence-corrected chi connectivity index (χ2v) is 8.37. The van der Waals surface area contributed by atoms with Crippen LogP contribution in [0.4, 0.5) is 0 Å². The predicted molar refractivity (Wildman–Crippen MR) is 99.6 cm³/mol. The highest BCUT2D eigenvalue weighted by molar-refractivity contribution is 7.86. The third-order valence-corrected chi connectivity index (χ3v) is 6.25. The van der Waals surface area contributed by atoms with Gasteiger partial charge in [-0.05, 0) is 44.2 Å². The lowest BCUT2D eigenvalue weighted by Crippen LogP contribution is -2.25. The third-order valence-electron chi connectivity index (χ3n) is 4.56. The Labute approximate surface area is 152 Å². The molecule has 0 spiro atoms. The van der Waals surface area contributed by atoms with Crippen molar-refractivity contribution in [1.82, 2.24) is 4.90 Å². The average molecular weight is 368 g/mol. The molecule has 0 saturated carbocycles. The van der Waals surface area contributed by atoms with E-state index in [1.807, 2.05) is 0 Å². The van der Waals surface area contributed by atoms with Crippen LogP contribution in [0.1, 0.15) is 45.4 Å². The zero-order valence-electron chi connectivity index (χ0n) is 15.1. The Bertz CT molecular complexity index is 575. The smallest absolute Gasteiger partial charge is 0.319 e. The maximum atomic E-state index is 12.6. The molecule has 0 aromatic heterocycles. The number of carboxylic acid groups (broad SMARTS) is 1. The summed E-state index contributed by atoms with van der Waals surface area (Å²) in [5.41, 5.74) is 0. The van der Waals surface area contributed by atoms with Gasteiger partial charge in [-0.3, -0.25) is 9.00 Å². The van der Waals surface area contributed by atoms with Crippen LogP contribution in [0.2, 0.25) is 0 Å². The number of benzene rings is 1. The molecule has 1 aliphatic heterocycles. The Kier molecular flexibility index (Phi) is 7.90. The highest BCUT2D eigenvalue weighted by Gasteiger charge is 2.26. The van der Waals surface area contributed by atoms with Crippen molar-refractivity contribution in [2.24, 2.45) is 0 Å². The summed E-state index contributed by atoms with van der Waals surface area (Å²) >= 11 is 0. The highest BCUT2D eigenvalue weighted by atomic mass is 32.2. The van der Waals surface area contributed by atoms with E-state index in [9.17, 15) is 14.1 Å². The number of hydrogen-bond donors (Lipinski definition) is 1. The summed E-state index contributed by atoms with van der Waals surface area (Å²) in [6.07, 6.45) is 5.61. The lowest BCUT2D eigenvalue weighted by Gasteiger charge is -2.15. The van der Waals surface area contributed by atoms with Gasteiger partial charge >= 0.3 is 5.97 Å². The topological polar surface area (TPSA) is 66.8 Å². The molecule has 3 unspecified atom stereocenters. The number of unbranched alkanes of at least 4 members (excludes halogenated alkanes) is 3. The summed E-state index contributed by atoms with van der Waals surface area (Å²) in [7, 11) is 0.534. The van der Waals surface area contributed by atoms with Crippen molar-refractivity contribution >= 4 is 16.8 Å². The summed E-state index contributed by atoms with van der Waals surface area (Å²) in [5, 5.41) is 8.57. The summed E-state index contributed by atoms with van der Waals surface area (Å²) in [5.74, 6) is -0.236. The van der Waals surface area contributed by atoms with Crippen molar-refractivity contribution < 1.29 is 18.8 Å². The fraction of sp³-hybridized carbons (Fsp3) is 0.632. The first kappa shape index (κ1) is 19.9. The minimum atomic E-state index is -1.54. The number of likely N-dealkylation sites (tertiary alicyclic amines) is 1. The molecule has 1 aromatic carbocycles. The quantitative estimate of drug-likeness (QED) is 0.643. The van der Waals surface area contributed by atoms with Gasteiger partial charge in [-0.2, -0.15) is 0 Å². The van der Waals surface area contributed by atoms with Crippen LogP contribution in [0.3, 0.4) is 0 Å². The number of carboxylic acids is 1. The first-order valence-corrected chi connectivity index (χ1v) is 10.3. The zero-order valence-corrected chi connectivity index (χ0v) is 16.0. The van der Waals surface area contributed by atoms with Gasteiger partial charge in [0.15, 0.2) is 0 Å². The van der Waals surface area contributed by atoms with Crippen molar-refractivity contribution in [3.05, 3.63) is 24.3 Å². The van der Waals surface area contributed by atoms with Gasteiger partial charge < -0.3 is 14.7 Å². The van der Waals surface area contributed by atoms with Gasteiger partial charge in [0, 0.05) is 18.0 Å². The van der Waals surface area contributed by atoms with E-state index in [4.69, 9.17) is 4.74 Å². The molecule has 140 valence electrons. The van der Waals surface area contributed by atoms with Gasteiger partial charge in [0.1, 0.15) is 17.1 Å². The Morgan fingerprint density at radius 1 is 1.32 bits per heavy atom. The molecule has 0 radical (unpaired) electrons. The van der Waals surface area contributed by atoms with E-state index in [0.29, 0.717) is 11.3 Å². The molecule has 5 nitrogen and oxygen atoms in total. The molecule has 1 N–H and O–H groups in total. The summed E-state index contributed by atoms with van der Waals surface area (Å²) in [4.78, 5) is 14.3. The van der Waals surface area contributed by atoms with Gasteiger partial charge in [0.25, 0.3) is 0 Å². The molecule has 1 aromatic rings. The van der Waals surface area contributed by atoms with Crippen LogP contribution in [0.25, 0.3) is 0 Å². The summed E-state index contributed by atoms with van der Waals surface area (Å²) in [6.45, 7) is 4.05. The van der Waals surface area contributed by atoms with E-state index < -0.39 is 22.0 Å². The monoisotopic (exact) mass is 367 g/mol. The average Bonchev–Trinajstić information content (AvgIpc) is 2.99. The molecule has 1 fully saturated rings. The van der Waals surface area contributed by atoms with Gasteiger partial charge in [0.05, 0.1) is 10.8 Å². The van der Waals surface area contributed by atoms with E-state index in [2.05, 4.69) is 18.9 Å². The first-order chi connectivity index (χ1) is 12.0. The normalized spacial score (nSPS) is 20.3. The summed E-state index contributed by atoms with van der Waals surface area (Å²) < 4.78 is 18.6. The fourth-order valence-corrected chi connectivity index (χ4v) is 4.38. The number of ether oxygens (including phenoxy) is 1. The minimum absolute atomic E-state index is 0.187. The highest BCUT2D eigenvalue weighted by Crippen LogP contribution is 2.22. The Morgan fingerprint density at radius 2 is 2.04 bits per heavy atom. The van der Waals surface area contributed by atoms with Crippen LogP contribution in [0, 0.1) is 0 Å². The molecule has 6 heteroatoms. The Hall–Kier alpha value is -1.40. The van der Waals surface area contributed by atoms with Gasteiger partial charge in [-0.25, -0.2) is 0 Å². The fourth-order valence-electron chi connectivity index (χ4n) is 3.08. The molecular weight excluding hydrogens is 338 g/mol. The van der Waals surface area contributed by atoms with Crippen LogP contribution < -0.4 is 4.74 Å². The largest absolute Gasteiger partial charge is 0.489 e. The van der Waals surface area contributed by atoms with Crippen molar-refractivity contribution in [3.8, 4) is 5.75 Å². The van der Waals surface area contributed by atoms with Crippen molar-refractivity contribution in [1.29, 1.82) is 0 Å². The molecule has 1 saturated heterocycles. The second kappa shape index (κ2) is 9.92. The van der Waals surface area contributed by atoms with Crippen molar-refractivity contribution in [2.45, 2.75) is 61.7 Å². The van der Waals surface area contributed by atoms with E-state index in [0.717, 1.165) is 50.9 Å². The second-order valence-electron chi connectivity index (χ2n) is 6.74. The molecule has 1 heterocycles. The predicted octanol–water partition coefficient (Wildman–Crippen LogP) is 3.30. The Balaban J connectivity index is 1.93. The van der Waals surface area contributed by atoms with Crippen LogP contribution in [0.5, 0.6) is 5.75 Å². The number of aliphatic carboxylic acids is 1. The van der Waals surface area contributed by atoms with Crippen LogP contribution in [0.15, 0.2) is 29.2 Å². The standard InChI is InChI=1S/C19H29NO4S/c1-3-4-5-6-7-18(19(21)22)25(23)17-10-8-15(9-11-17)24-16-12-13-20(2)14-16/h8-11,16,18H,3-7,12-14H2,1-2H3,(H,21,22). The third kappa shape index (κ3) is 6.12. The first-order valence-electron chi connectivity index (χ1n) is 9.10. The van der Waals surface area contributed by atoms with E-state index >= 15 is 0 Å². The molecule has 0 aliphatic carbocycles. The molecule has 1 aliphatic rings. The maximum Gasteiger partial charge on any atom is 0.319 e. The number of likely N-dealkylation sites (N-methyl/N-ethyl adjacent to an activating group) is 1. The molecular formula is C19H29NO4S. The van der Waals surface area contributed by atoms with Gasteiger partial charge in [-0.15, -0.1) is 0 Å². The number of carbonyl (C=O) groups is 1. The zero-order chi connectivity index (χ0) is 18.2. The van der Waals surface area contributed by atoms with Crippen LogP contribution in [-0.4, -0.2) is 51.7 Å². The maximum absolute atomic E-state index is 12.6. The van der Waals surface area contributed by atoms with E-state index in [1.54, 1.807) is 24.3 Å². The van der Waals surface area contributed by atoms with Crippen molar-refractivity contribution in [3.63, 3.8) is 0 Å². The minimum Gasteiger partial charge on any atom is -0.489 e. The molecule has 0 bridgehead atoms. The number of rotatable bonds is 10.